The highest BCUT2D eigenvalue weighted by molar-refractivity contribution is 6.74. The summed E-state index contributed by atoms with van der Waals surface area (Å²) in [5.41, 5.74) is 0.588. The summed E-state index contributed by atoms with van der Waals surface area (Å²) in [6.45, 7) is 12.5. The largest absolute Gasteiger partial charge is 0.543 e. The topological polar surface area (TPSA) is 35.5 Å². The van der Waals surface area contributed by atoms with Crippen molar-refractivity contribution in [1.29, 1.82) is 0 Å². The summed E-state index contributed by atoms with van der Waals surface area (Å²) in [7, 11) is -0.299. The average molecular weight is 280 g/mol. The molecule has 0 aromatic heterocycles. The van der Waals surface area contributed by atoms with E-state index in [1.54, 1.807) is 19.2 Å². The van der Waals surface area contributed by atoms with Crippen LogP contribution in [0.1, 0.15) is 38.1 Å². The van der Waals surface area contributed by atoms with Crippen LogP contribution < -0.4 is 9.16 Å². The molecule has 0 heterocycles. The average Bonchev–Trinajstić information content (AvgIpc) is 2.26. The van der Waals surface area contributed by atoms with Gasteiger partial charge in [0.1, 0.15) is 11.5 Å². The van der Waals surface area contributed by atoms with Crippen LogP contribution in [0.3, 0.4) is 0 Å². The Morgan fingerprint density at radius 1 is 1.21 bits per heavy atom. The first kappa shape index (κ1) is 15.8. The van der Waals surface area contributed by atoms with Crippen LogP contribution in [0.5, 0.6) is 11.5 Å². The van der Waals surface area contributed by atoms with Gasteiger partial charge in [0.2, 0.25) is 8.32 Å². The van der Waals surface area contributed by atoms with E-state index in [1.807, 2.05) is 6.07 Å². The lowest BCUT2D eigenvalue weighted by Gasteiger charge is -2.36. The number of carbonyl (C=O) groups excluding carboxylic acids is 1. The molecular weight excluding hydrogens is 256 g/mol. The summed E-state index contributed by atoms with van der Waals surface area (Å²) in [6, 6.07) is 5.42. The molecule has 0 atom stereocenters. The molecule has 0 saturated heterocycles. The second-order valence-electron chi connectivity index (χ2n) is 6.28. The van der Waals surface area contributed by atoms with E-state index in [4.69, 9.17) is 9.16 Å². The van der Waals surface area contributed by atoms with Crippen molar-refractivity contribution < 1.29 is 14.0 Å². The van der Waals surface area contributed by atoms with E-state index in [1.165, 1.54) is 6.92 Å². The third-order valence-electron chi connectivity index (χ3n) is 3.73. The SMILES string of the molecule is COc1cc(O[Si](C)(C)C(C)(C)C)ccc1C(C)=O. The maximum absolute atomic E-state index is 11.5. The predicted molar refractivity (Wildman–Crippen MR) is 80.8 cm³/mol. The predicted octanol–water partition coefficient (Wildman–Crippen LogP) is 4.28. The smallest absolute Gasteiger partial charge is 0.250 e. The summed E-state index contributed by atoms with van der Waals surface area (Å²) < 4.78 is 11.5. The number of carbonyl (C=O) groups is 1. The lowest BCUT2D eigenvalue weighted by molar-refractivity contribution is 0.101. The molecule has 0 aliphatic carbocycles. The van der Waals surface area contributed by atoms with E-state index in [9.17, 15) is 4.79 Å². The maximum Gasteiger partial charge on any atom is 0.250 e. The highest BCUT2D eigenvalue weighted by Gasteiger charge is 2.39. The molecule has 0 aliphatic rings. The van der Waals surface area contributed by atoms with E-state index in [-0.39, 0.29) is 10.8 Å². The molecule has 0 bridgehead atoms. The molecule has 3 nitrogen and oxygen atoms in total. The first-order chi connectivity index (χ1) is 8.58. The van der Waals surface area contributed by atoms with Crippen molar-refractivity contribution in [2.45, 2.75) is 45.8 Å². The Kier molecular flexibility index (Phi) is 4.45. The van der Waals surface area contributed by atoms with Gasteiger partial charge in [-0.25, -0.2) is 0 Å². The molecule has 106 valence electrons. The second kappa shape index (κ2) is 5.37. The van der Waals surface area contributed by atoms with Crippen LogP contribution in [0.25, 0.3) is 0 Å². The van der Waals surface area contributed by atoms with Crippen molar-refractivity contribution in [3.8, 4) is 11.5 Å². The summed E-state index contributed by atoms with van der Waals surface area (Å²) in [4.78, 5) is 11.5. The van der Waals surface area contributed by atoms with Crippen LogP contribution in [0, 0.1) is 0 Å². The number of ether oxygens (including phenoxy) is 1. The van der Waals surface area contributed by atoms with Crippen molar-refractivity contribution in [1.82, 2.24) is 0 Å². The van der Waals surface area contributed by atoms with Crippen molar-refractivity contribution in [3.63, 3.8) is 0 Å². The lowest BCUT2D eigenvalue weighted by atomic mass is 10.1. The molecule has 1 aromatic carbocycles. The normalized spacial score (nSPS) is 12.2. The number of ketones is 1. The molecule has 0 radical (unpaired) electrons. The lowest BCUT2D eigenvalue weighted by Crippen LogP contribution is -2.43. The van der Waals surface area contributed by atoms with Gasteiger partial charge in [0.15, 0.2) is 5.78 Å². The fourth-order valence-electron chi connectivity index (χ4n) is 1.47. The van der Waals surface area contributed by atoms with Crippen LogP contribution in [0.4, 0.5) is 0 Å². The Morgan fingerprint density at radius 3 is 2.21 bits per heavy atom. The summed E-state index contributed by atoms with van der Waals surface area (Å²) >= 11 is 0. The number of hydrogen-bond acceptors (Lipinski definition) is 3. The van der Waals surface area contributed by atoms with Crippen LogP contribution in [-0.4, -0.2) is 21.2 Å². The monoisotopic (exact) mass is 280 g/mol. The highest BCUT2D eigenvalue weighted by atomic mass is 28.4. The van der Waals surface area contributed by atoms with Crippen LogP contribution in [0.2, 0.25) is 18.1 Å². The minimum absolute atomic E-state index is 0.00396. The Balaban J connectivity index is 3.08. The Hall–Kier alpha value is -1.29. The maximum atomic E-state index is 11.5. The van der Waals surface area contributed by atoms with Gasteiger partial charge >= 0.3 is 0 Å². The van der Waals surface area contributed by atoms with Gasteiger partial charge in [-0.2, -0.15) is 0 Å². The fourth-order valence-corrected chi connectivity index (χ4v) is 2.50. The van der Waals surface area contributed by atoms with Crippen molar-refractivity contribution in [2.75, 3.05) is 7.11 Å². The Morgan fingerprint density at radius 2 is 1.79 bits per heavy atom. The summed E-state index contributed by atoms with van der Waals surface area (Å²) in [5, 5.41) is 0.138. The number of methoxy groups -OCH3 is 1. The molecule has 0 spiro atoms. The zero-order valence-electron chi connectivity index (χ0n) is 13.0. The molecular formula is C15H24O3Si. The quantitative estimate of drug-likeness (QED) is 0.610. The van der Waals surface area contributed by atoms with E-state index < -0.39 is 8.32 Å². The Bertz CT molecular complexity index is 473. The molecule has 4 heteroatoms. The Labute approximate surface area is 117 Å². The molecule has 19 heavy (non-hydrogen) atoms. The van der Waals surface area contributed by atoms with Crippen LogP contribution in [-0.2, 0) is 0 Å². The van der Waals surface area contributed by atoms with Gasteiger partial charge in [0, 0.05) is 6.07 Å². The van der Waals surface area contributed by atoms with Gasteiger partial charge in [-0.05, 0) is 37.2 Å². The molecule has 0 saturated carbocycles. The standard InChI is InChI=1S/C15H24O3Si/c1-11(16)13-9-8-12(10-14(13)17-5)18-19(6,7)15(2,3)4/h8-10H,1-7H3. The van der Waals surface area contributed by atoms with E-state index >= 15 is 0 Å². The third kappa shape index (κ3) is 3.59. The molecule has 0 aliphatic heterocycles. The van der Waals surface area contributed by atoms with E-state index in [0.29, 0.717) is 11.3 Å². The van der Waals surface area contributed by atoms with Gasteiger partial charge in [-0.15, -0.1) is 0 Å². The van der Waals surface area contributed by atoms with Gasteiger partial charge in [0.25, 0.3) is 0 Å². The fraction of sp³-hybridized carbons (Fsp3) is 0.533. The van der Waals surface area contributed by atoms with Crippen molar-refractivity contribution in [2.24, 2.45) is 0 Å². The van der Waals surface area contributed by atoms with Crippen LogP contribution in [0.15, 0.2) is 18.2 Å². The molecule has 0 fully saturated rings. The van der Waals surface area contributed by atoms with E-state index in [0.717, 1.165) is 5.75 Å². The number of rotatable bonds is 4. The zero-order valence-corrected chi connectivity index (χ0v) is 14.0. The minimum atomic E-state index is -1.87. The summed E-state index contributed by atoms with van der Waals surface area (Å²) in [6.07, 6.45) is 0. The molecule has 0 N–H and O–H groups in total. The zero-order chi connectivity index (χ0) is 14.8. The van der Waals surface area contributed by atoms with Crippen molar-refractivity contribution in [3.05, 3.63) is 23.8 Å². The molecule has 0 unspecified atom stereocenters. The first-order valence-corrected chi connectivity index (χ1v) is 9.37. The number of hydrogen-bond donors (Lipinski definition) is 0. The number of benzene rings is 1. The van der Waals surface area contributed by atoms with Gasteiger partial charge in [-0.1, -0.05) is 20.8 Å². The van der Waals surface area contributed by atoms with Gasteiger partial charge < -0.3 is 9.16 Å². The molecule has 1 rings (SSSR count). The summed E-state index contributed by atoms with van der Waals surface area (Å²) in [5.74, 6) is 1.34. The third-order valence-corrected chi connectivity index (χ3v) is 8.09. The van der Waals surface area contributed by atoms with Crippen LogP contribution >= 0.6 is 0 Å². The van der Waals surface area contributed by atoms with Crippen molar-refractivity contribution >= 4 is 14.1 Å². The highest BCUT2D eigenvalue weighted by Crippen LogP contribution is 2.38. The first-order valence-electron chi connectivity index (χ1n) is 6.46. The molecule has 1 aromatic rings. The minimum Gasteiger partial charge on any atom is -0.543 e. The van der Waals surface area contributed by atoms with Gasteiger partial charge in [0.05, 0.1) is 12.7 Å². The number of Topliss-reactive ketones (excluding diaryl/α,β-unsaturated/α-hetero) is 1. The van der Waals surface area contributed by atoms with E-state index in [2.05, 4.69) is 33.9 Å². The second-order valence-corrected chi connectivity index (χ2v) is 11.0. The molecule has 0 amide bonds. The van der Waals surface area contributed by atoms with Gasteiger partial charge in [-0.3, -0.25) is 4.79 Å².